The molecule has 10 heteroatoms. The molecule has 0 radical (unpaired) electrons. The van der Waals surface area contributed by atoms with Gasteiger partial charge in [0.15, 0.2) is 17.5 Å². The highest BCUT2D eigenvalue weighted by atomic mass is 19.4. The normalized spacial score (nSPS) is 14.8. The summed E-state index contributed by atoms with van der Waals surface area (Å²) < 4.78 is 58.1. The zero-order valence-corrected chi connectivity index (χ0v) is 16.9. The maximum absolute atomic E-state index is 14.1. The number of aromatic nitrogens is 3. The van der Waals surface area contributed by atoms with Crippen molar-refractivity contribution in [3.05, 3.63) is 71.7 Å². The first-order chi connectivity index (χ1) is 15.4. The van der Waals surface area contributed by atoms with Crippen molar-refractivity contribution in [2.45, 2.75) is 12.7 Å². The summed E-state index contributed by atoms with van der Waals surface area (Å²) in [7, 11) is 0. The molecule has 3 heterocycles. The van der Waals surface area contributed by atoms with E-state index >= 15 is 0 Å². The molecule has 1 saturated heterocycles. The smallest absolute Gasteiger partial charge is 0.378 e. The van der Waals surface area contributed by atoms with Gasteiger partial charge < -0.3 is 9.64 Å². The van der Waals surface area contributed by atoms with Gasteiger partial charge in [-0.25, -0.2) is 14.4 Å². The summed E-state index contributed by atoms with van der Waals surface area (Å²) in [6.07, 6.45) is -0.274. The second kappa shape index (κ2) is 9.39. The number of nitrogens with zero attached hydrogens (tertiary/aromatic N) is 5. The van der Waals surface area contributed by atoms with Crippen molar-refractivity contribution in [3.63, 3.8) is 0 Å². The zero-order chi connectivity index (χ0) is 22.6. The van der Waals surface area contributed by atoms with Crippen LogP contribution in [0.15, 0.2) is 53.8 Å². The monoisotopic (exact) mass is 445 g/mol. The second-order valence-electron chi connectivity index (χ2n) is 7.08. The van der Waals surface area contributed by atoms with Crippen molar-refractivity contribution in [1.29, 1.82) is 0 Å². The number of ether oxygens (including phenoxy) is 1. The number of benzene rings is 1. The lowest BCUT2D eigenvalue weighted by molar-refractivity contribution is -0.137. The summed E-state index contributed by atoms with van der Waals surface area (Å²) in [5.74, 6) is 0.105. The number of morpholine rings is 1. The number of hydrogen-bond donors (Lipinski definition) is 0. The third-order valence-electron chi connectivity index (χ3n) is 4.85. The summed E-state index contributed by atoms with van der Waals surface area (Å²) in [5, 5.41) is 0. The van der Waals surface area contributed by atoms with Crippen LogP contribution in [0.25, 0.3) is 11.1 Å². The molecule has 0 saturated carbocycles. The fourth-order valence-corrected chi connectivity index (χ4v) is 3.21. The van der Waals surface area contributed by atoms with Gasteiger partial charge in [-0.3, -0.25) is 9.98 Å². The van der Waals surface area contributed by atoms with Crippen molar-refractivity contribution >= 4 is 12.0 Å². The van der Waals surface area contributed by atoms with Gasteiger partial charge in [0.2, 0.25) is 0 Å². The Hall–Kier alpha value is -3.40. The molecule has 2 aromatic heterocycles. The first kappa shape index (κ1) is 21.8. The minimum atomic E-state index is -4.40. The lowest BCUT2D eigenvalue weighted by atomic mass is 10.0. The molecule has 1 aliphatic heterocycles. The Morgan fingerprint density at radius 2 is 1.84 bits per heavy atom. The average Bonchev–Trinajstić information content (AvgIpc) is 2.81. The topological polar surface area (TPSA) is 63.5 Å². The summed E-state index contributed by atoms with van der Waals surface area (Å²) >= 11 is 0. The van der Waals surface area contributed by atoms with E-state index in [1.807, 2.05) is 4.90 Å². The van der Waals surface area contributed by atoms with Crippen molar-refractivity contribution in [3.8, 4) is 11.1 Å². The fraction of sp³-hybridized carbons (Fsp3) is 0.273. The summed E-state index contributed by atoms with van der Waals surface area (Å²) in [6.45, 7) is 2.27. The lowest BCUT2D eigenvalue weighted by Gasteiger charge is -2.28. The SMILES string of the molecule is Fc1cnc(CN=Cc2ccc(-c3cccc(C(F)(F)F)c3)cn2)nc1N1CCOCC1. The van der Waals surface area contributed by atoms with Gasteiger partial charge >= 0.3 is 6.18 Å². The molecular formula is C22H19F4N5O. The minimum Gasteiger partial charge on any atom is -0.378 e. The maximum atomic E-state index is 14.1. The predicted molar refractivity (Wildman–Crippen MR) is 111 cm³/mol. The molecule has 0 aliphatic carbocycles. The summed E-state index contributed by atoms with van der Waals surface area (Å²) in [5.41, 5.74) is 0.795. The van der Waals surface area contributed by atoms with Gasteiger partial charge in [0.1, 0.15) is 0 Å². The summed E-state index contributed by atoms with van der Waals surface area (Å²) in [4.78, 5) is 18.5. The van der Waals surface area contributed by atoms with Gasteiger partial charge in [-0.2, -0.15) is 13.2 Å². The van der Waals surface area contributed by atoms with E-state index in [2.05, 4.69) is 19.9 Å². The Bertz CT molecular complexity index is 1100. The highest BCUT2D eigenvalue weighted by Crippen LogP contribution is 2.32. The standard InChI is InChI=1S/C22H19F4N5O/c23-19-13-29-20(30-21(19)31-6-8-32-9-7-31)14-27-12-18-5-4-16(11-28-18)15-2-1-3-17(10-15)22(24,25)26/h1-5,10-13H,6-9,14H2. The number of aliphatic imine (C=N–C) groups is 1. The van der Waals surface area contributed by atoms with Crippen LogP contribution in [0.1, 0.15) is 17.1 Å². The van der Waals surface area contributed by atoms with E-state index < -0.39 is 17.6 Å². The predicted octanol–water partition coefficient (Wildman–Crippen LogP) is 4.15. The first-order valence-electron chi connectivity index (χ1n) is 9.88. The average molecular weight is 445 g/mol. The molecule has 166 valence electrons. The molecule has 0 amide bonds. The van der Waals surface area contributed by atoms with Crippen LogP contribution in [0.5, 0.6) is 0 Å². The Kier molecular flexibility index (Phi) is 6.40. The first-order valence-corrected chi connectivity index (χ1v) is 9.88. The minimum absolute atomic E-state index is 0.134. The second-order valence-corrected chi connectivity index (χ2v) is 7.08. The van der Waals surface area contributed by atoms with Crippen LogP contribution >= 0.6 is 0 Å². The van der Waals surface area contributed by atoms with E-state index in [4.69, 9.17) is 4.74 Å². The molecule has 1 aromatic carbocycles. The van der Waals surface area contributed by atoms with E-state index in [0.717, 1.165) is 18.3 Å². The van der Waals surface area contributed by atoms with Crippen molar-refractivity contribution < 1.29 is 22.3 Å². The van der Waals surface area contributed by atoms with E-state index in [1.54, 1.807) is 18.2 Å². The number of anilines is 1. The van der Waals surface area contributed by atoms with Crippen LogP contribution < -0.4 is 4.90 Å². The van der Waals surface area contributed by atoms with Crippen molar-refractivity contribution in [2.24, 2.45) is 4.99 Å². The quantitative estimate of drug-likeness (QED) is 0.436. The van der Waals surface area contributed by atoms with Crippen LogP contribution in [0.2, 0.25) is 0 Å². The number of pyridine rings is 1. The van der Waals surface area contributed by atoms with E-state index in [0.29, 0.717) is 48.9 Å². The van der Waals surface area contributed by atoms with Gasteiger partial charge in [-0.15, -0.1) is 0 Å². The van der Waals surface area contributed by atoms with Crippen molar-refractivity contribution in [2.75, 3.05) is 31.2 Å². The van der Waals surface area contributed by atoms with Gasteiger partial charge in [0.25, 0.3) is 0 Å². The van der Waals surface area contributed by atoms with Crippen LogP contribution in [0.4, 0.5) is 23.4 Å². The van der Waals surface area contributed by atoms with E-state index in [9.17, 15) is 17.6 Å². The molecule has 0 N–H and O–H groups in total. The van der Waals surface area contributed by atoms with Crippen LogP contribution in [0.3, 0.4) is 0 Å². The van der Waals surface area contributed by atoms with Gasteiger partial charge in [0.05, 0.1) is 37.2 Å². The summed E-state index contributed by atoms with van der Waals surface area (Å²) in [6, 6.07) is 8.40. The number of rotatable bonds is 5. The molecule has 4 rings (SSSR count). The molecule has 0 spiro atoms. The van der Waals surface area contributed by atoms with E-state index in [-0.39, 0.29) is 12.4 Å². The molecule has 0 bridgehead atoms. The Labute approximate surface area is 181 Å². The fourth-order valence-electron chi connectivity index (χ4n) is 3.21. The Morgan fingerprint density at radius 1 is 1.03 bits per heavy atom. The van der Waals surface area contributed by atoms with Crippen LogP contribution in [0, 0.1) is 5.82 Å². The highest BCUT2D eigenvalue weighted by Gasteiger charge is 2.30. The molecule has 0 atom stereocenters. The van der Waals surface area contributed by atoms with Crippen LogP contribution in [-0.4, -0.2) is 47.5 Å². The molecule has 0 unspecified atom stereocenters. The Morgan fingerprint density at radius 3 is 2.56 bits per heavy atom. The largest absolute Gasteiger partial charge is 0.416 e. The highest BCUT2D eigenvalue weighted by molar-refractivity contribution is 5.78. The van der Waals surface area contributed by atoms with Crippen molar-refractivity contribution in [1.82, 2.24) is 15.0 Å². The van der Waals surface area contributed by atoms with E-state index in [1.165, 1.54) is 18.5 Å². The molecule has 3 aromatic rings. The number of hydrogen-bond acceptors (Lipinski definition) is 6. The molecule has 6 nitrogen and oxygen atoms in total. The molecule has 32 heavy (non-hydrogen) atoms. The number of halogens is 4. The van der Waals surface area contributed by atoms with Gasteiger partial charge in [-0.1, -0.05) is 18.2 Å². The van der Waals surface area contributed by atoms with Gasteiger partial charge in [-0.05, 0) is 23.8 Å². The lowest BCUT2D eigenvalue weighted by Crippen LogP contribution is -2.37. The van der Waals surface area contributed by atoms with Gasteiger partial charge in [0, 0.05) is 31.1 Å². The molecule has 1 fully saturated rings. The maximum Gasteiger partial charge on any atom is 0.416 e. The third kappa shape index (κ3) is 5.25. The zero-order valence-electron chi connectivity index (χ0n) is 16.9. The van der Waals surface area contributed by atoms with Crippen LogP contribution in [-0.2, 0) is 17.5 Å². The number of alkyl halides is 3. The molecule has 1 aliphatic rings. The Balaban J connectivity index is 1.43. The third-order valence-corrected chi connectivity index (χ3v) is 4.85. The molecular weight excluding hydrogens is 426 g/mol.